The number of hydrogen-bond acceptors (Lipinski definition) is 5. The molecule has 134 valence electrons. The van der Waals surface area contributed by atoms with E-state index in [1.807, 2.05) is 19.9 Å². The monoisotopic (exact) mass is 348 g/mol. The topological polar surface area (TPSA) is 86.5 Å². The fourth-order valence-corrected chi connectivity index (χ4v) is 3.31. The van der Waals surface area contributed by atoms with Crippen LogP contribution in [0.5, 0.6) is 5.75 Å². The van der Waals surface area contributed by atoms with Gasteiger partial charge in [-0.3, -0.25) is 4.99 Å². The molecule has 2 atom stereocenters. The van der Waals surface area contributed by atoms with Crippen molar-refractivity contribution in [2.24, 2.45) is 22.6 Å². The van der Waals surface area contributed by atoms with Crippen LogP contribution in [0.1, 0.15) is 32.3 Å². The van der Waals surface area contributed by atoms with Gasteiger partial charge in [0.25, 0.3) is 0 Å². The number of ether oxygens (including phenoxy) is 1. The quantitative estimate of drug-likeness (QED) is 0.609. The summed E-state index contributed by atoms with van der Waals surface area (Å²) in [4.78, 5) is 8.58. The van der Waals surface area contributed by atoms with Crippen LogP contribution in [0.2, 0.25) is 0 Å². The summed E-state index contributed by atoms with van der Waals surface area (Å²) in [7, 11) is 0. The zero-order chi connectivity index (χ0) is 18.1. The second-order valence-corrected chi connectivity index (χ2v) is 6.60. The zero-order valence-electron chi connectivity index (χ0n) is 14.2. The van der Waals surface area contributed by atoms with Crippen LogP contribution >= 0.6 is 0 Å². The number of rotatable bonds is 6. The summed E-state index contributed by atoms with van der Waals surface area (Å²) in [5, 5.41) is 0. The normalized spacial score (nSPS) is 23.0. The molecule has 5 nitrogen and oxygen atoms in total. The third-order valence-electron chi connectivity index (χ3n) is 4.40. The Hall–Kier alpha value is -2.44. The van der Waals surface area contributed by atoms with Gasteiger partial charge in [0.15, 0.2) is 11.6 Å². The smallest absolute Gasteiger partial charge is 0.387 e. The SMILES string of the molecule is CC(C)N=C(C=C(N)c1cnc(N)c(OC(F)F)c1)[C@@H]1C2=CCC[C@H]21. The van der Waals surface area contributed by atoms with Crippen molar-refractivity contribution < 1.29 is 13.5 Å². The van der Waals surface area contributed by atoms with Gasteiger partial charge in [0.1, 0.15) is 0 Å². The summed E-state index contributed by atoms with van der Waals surface area (Å²) < 4.78 is 29.3. The molecule has 1 aromatic rings. The maximum Gasteiger partial charge on any atom is 0.387 e. The van der Waals surface area contributed by atoms with E-state index in [-0.39, 0.29) is 17.6 Å². The predicted molar refractivity (Wildman–Crippen MR) is 94.3 cm³/mol. The molecular formula is C18H22F2N4O. The number of allylic oxidation sites excluding steroid dienone is 3. The number of nitrogen functional groups attached to an aromatic ring is 1. The zero-order valence-corrected chi connectivity index (χ0v) is 14.2. The first-order valence-electron chi connectivity index (χ1n) is 8.32. The Kier molecular flexibility index (Phi) is 4.74. The Morgan fingerprint density at radius 3 is 2.80 bits per heavy atom. The number of nitrogens with two attached hydrogens (primary N) is 2. The van der Waals surface area contributed by atoms with Crippen LogP contribution in [0.4, 0.5) is 14.6 Å². The van der Waals surface area contributed by atoms with Crippen LogP contribution < -0.4 is 16.2 Å². The van der Waals surface area contributed by atoms with Crippen LogP contribution in [0.25, 0.3) is 5.70 Å². The molecule has 0 aliphatic heterocycles. The second kappa shape index (κ2) is 6.82. The largest absolute Gasteiger partial charge is 0.431 e. The first-order chi connectivity index (χ1) is 11.9. The van der Waals surface area contributed by atoms with E-state index < -0.39 is 6.61 Å². The molecule has 0 radical (unpaired) electrons. The fourth-order valence-electron chi connectivity index (χ4n) is 3.31. The van der Waals surface area contributed by atoms with Crippen LogP contribution in [-0.4, -0.2) is 23.3 Å². The number of pyridine rings is 1. The Morgan fingerprint density at radius 2 is 2.20 bits per heavy atom. The summed E-state index contributed by atoms with van der Waals surface area (Å²) in [6.45, 7) is 1.05. The molecule has 7 heteroatoms. The number of hydrogen-bond donors (Lipinski definition) is 2. The van der Waals surface area contributed by atoms with Gasteiger partial charge in [0.2, 0.25) is 0 Å². The molecule has 1 saturated carbocycles. The van der Waals surface area contributed by atoms with Crippen molar-refractivity contribution in [2.45, 2.75) is 39.3 Å². The van der Waals surface area contributed by atoms with Crippen LogP contribution in [0, 0.1) is 11.8 Å². The molecule has 0 saturated heterocycles. The van der Waals surface area contributed by atoms with Gasteiger partial charge in [-0.25, -0.2) is 4.98 Å². The minimum absolute atomic E-state index is 0.102. The lowest BCUT2D eigenvalue weighted by Gasteiger charge is -2.10. The molecule has 3 rings (SSSR count). The van der Waals surface area contributed by atoms with E-state index in [0.717, 1.165) is 18.6 Å². The molecule has 1 aromatic heterocycles. The van der Waals surface area contributed by atoms with Gasteiger partial charge in [-0.15, -0.1) is 0 Å². The molecule has 0 aromatic carbocycles. The Morgan fingerprint density at radius 1 is 1.44 bits per heavy atom. The van der Waals surface area contributed by atoms with Crippen LogP contribution in [0.3, 0.4) is 0 Å². The number of nitrogens with zero attached hydrogens (tertiary/aromatic N) is 2. The second-order valence-electron chi connectivity index (χ2n) is 6.60. The first kappa shape index (κ1) is 17.4. The van der Waals surface area contributed by atoms with Crippen molar-refractivity contribution in [3.05, 3.63) is 35.6 Å². The lowest BCUT2D eigenvalue weighted by atomic mass is 10.1. The fraction of sp³-hybridized carbons (Fsp3) is 0.444. The number of anilines is 1. The van der Waals surface area contributed by atoms with E-state index >= 15 is 0 Å². The average Bonchev–Trinajstić information content (AvgIpc) is 3.00. The van der Waals surface area contributed by atoms with Crippen molar-refractivity contribution in [3.63, 3.8) is 0 Å². The Bertz CT molecular complexity index is 755. The van der Waals surface area contributed by atoms with Crippen molar-refractivity contribution in [3.8, 4) is 5.75 Å². The molecule has 2 aliphatic carbocycles. The number of fused-ring (bicyclic) bond motifs is 1. The van der Waals surface area contributed by atoms with Gasteiger partial charge in [-0.1, -0.05) is 11.6 Å². The summed E-state index contributed by atoms with van der Waals surface area (Å²) >= 11 is 0. The van der Waals surface area contributed by atoms with E-state index in [0.29, 0.717) is 23.1 Å². The van der Waals surface area contributed by atoms with Gasteiger partial charge in [0.05, 0.1) is 0 Å². The number of halogens is 2. The van der Waals surface area contributed by atoms with Gasteiger partial charge in [-0.05, 0) is 44.7 Å². The lowest BCUT2D eigenvalue weighted by Crippen LogP contribution is -2.10. The number of aromatic nitrogens is 1. The molecule has 1 fully saturated rings. The molecule has 0 spiro atoms. The Labute approximate surface area is 145 Å². The van der Waals surface area contributed by atoms with Crippen LogP contribution in [0.15, 0.2) is 35.0 Å². The van der Waals surface area contributed by atoms with E-state index in [1.165, 1.54) is 17.8 Å². The molecule has 0 unspecified atom stereocenters. The molecule has 25 heavy (non-hydrogen) atoms. The van der Waals surface area contributed by atoms with Crippen molar-refractivity contribution >= 4 is 17.2 Å². The maximum atomic E-state index is 12.5. The van der Waals surface area contributed by atoms with Crippen molar-refractivity contribution in [1.29, 1.82) is 0 Å². The number of alkyl halides is 2. The molecular weight excluding hydrogens is 326 g/mol. The third kappa shape index (κ3) is 3.81. The predicted octanol–water partition coefficient (Wildman–Crippen LogP) is 3.38. The van der Waals surface area contributed by atoms with E-state index in [4.69, 9.17) is 16.5 Å². The third-order valence-corrected chi connectivity index (χ3v) is 4.40. The van der Waals surface area contributed by atoms with Crippen molar-refractivity contribution in [2.75, 3.05) is 5.73 Å². The van der Waals surface area contributed by atoms with Gasteiger partial charge in [0, 0.05) is 35.1 Å². The van der Waals surface area contributed by atoms with E-state index in [9.17, 15) is 8.78 Å². The van der Waals surface area contributed by atoms with Gasteiger partial charge in [-0.2, -0.15) is 8.78 Å². The van der Waals surface area contributed by atoms with Gasteiger partial charge < -0.3 is 16.2 Å². The highest BCUT2D eigenvalue weighted by atomic mass is 19.3. The highest BCUT2D eigenvalue weighted by molar-refractivity contribution is 6.06. The maximum absolute atomic E-state index is 12.5. The minimum atomic E-state index is -2.97. The van der Waals surface area contributed by atoms with Crippen LogP contribution in [-0.2, 0) is 0 Å². The summed E-state index contributed by atoms with van der Waals surface area (Å²) in [5.74, 6) is 0.615. The highest BCUT2D eigenvalue weighted by Gasteiger charge is 2.48. The minimum Gasteiger partial charge on any atom is -0.431 e. The number of aliphatic imine (C=N–C) groups is 1. The summed E-state index contributed by atoms with van der Waals surface area (Å²) in [5.41, 5.74) is 15.0. The molecule has 4 N–H and O–H groups in total. The average molecular weight is 348 g/mol. The summed E-state index contributed by atoms with van der Waals surface area (Å²) in [6.07, 6.45) is 7.80. The van der Waals surface area contributed by atoms with Crippen molar-refractivity contribution in [1.82, 2.24) is 4.98 Å². The lowest BCUT2D eigenvalue weighted by molar-refractivity contribution is -0.0495. The summed E-state index contributed by atoms with van der Waals surface area (Å²) in [6, 6.07) is 1.52. The Balaban J connectivity index is 1.88. The van der Waals surface area contributed by atoms with E-state index in [2.05, 4.69) is 15.8 Å². The standard InChI is InChI=1S/C18H22F2N4O/c1-9(2)24-14(16-11-4-3-5-12(11)16)7-13(21)10-6-15(25-18(19)20)17(22)23-8-10/h4,6-9,12,16,18H,3,5,21H2,1-2H3,(H2,22,23)/t12-,16-/m1/s1. The first-order valence-corrected chi connectivity index (χ1v) is 8.32. The highest BCUT2D eigenvalue weighted by Crippen LogP contribution is 2.54. The molecule has 0 amide bonds. The molecule has 2 aliphatic rings. The van der Waals surface area contributed by atoms with Gasteiger partial charge >= 0.3 is 6.61 Å². The molecule has 1 heterocycles. The molecule has 0 bridgehead atoms. The van der Waals surface area contributed by atoms with E-state index in [1.54, 1.807) is 0 Å².